The summed E-state index contributed by atoms with van der Waals surface area (Å²) in [7, 11) is 1.74. The van der Waals surface area contributed by atoms with Crippen molar-refractivity contribution in [2.24, 2.45) is 7.05 Å². The Balaban J connectivity index is 2.10. The summed E-state index contributed by atoms with van der Waals surface area (Å²) in [4.78, 5) is 22.5. The number of carbonyl (C=O) groups is 2. The number of benzene rings is 1. The van der Waals surface area contributed by atoms with Crippen molar-refractivity contribution < 1.29 is 14.7 Å². The number of hydrogen-bond donors (Lipinski definition) is 1. The molecule has 1 aromatic heterocycles. The minimum atomic E-state index is -0.970. The number of aromatic carboxylic acids is 1. The van der Waals surface area contributed by atoms with E-state index in [0.717, 1.165) is 5.56 Å². The normalized spacial score (nSPS) is 10.8. The third-order valence-corrected chi connectivity index (χ3v) is 2.57. The van der Waals surface area contributed by atoms with Gasteiger partial charge < -0.3 is 5.11 Å². The summed E-state index contributed by atoms with van der Waals surface area (Å²) in [5.41, 5.74) is 1.50. The van der Waals surface area contributed by atoms with Crippen molar-refractivity contribution in [2.75, 3.05) is 0 Å². The minimum Gasteiger partial charge on any atom is -0.478 e. The molecule has 0 atom stereocenters. The highest BCUT2D eigenvalue weighted by Crippen LogP contribution is 2.07. The summed E-state index contributed by atoms with van der Waals surface area (Å²) in [6, 6.07) is 6.29. The van der Waals surface area contributed by atoms with E-state index >= 15 is 0 Å². The van der Waals surface area contributed by atoms with E-state index in [0.29, 0.717) is 5.56 Å². The van der Waals surface area contributed by atoms with Crippen LogP contribution >= 0.6 is 0 Å². The minimum absolute atomic E-state index is 0.143. The van der Waals surface area contributed by atoms with Crippen LogP contribution in [-0.4, -0.2) is 26.6 Å². The van der Waals surface area contributed by atoms with Crippen LogP contribution in [0.1, 0.15) is 26.3 Å². The number of carboxylic acid groups (broad SMARTS) is 1. The fraction of sp³-hybridized carbons (Fsp3) is 0.0714. The average molecular weight is 256 g/mol. The van der Waals surface area contributed by atoms with E-state index in [-0.39, 0.29) is 11.3 Å². The number of aromatic nitrogens is 2. The lowest BCUT2D eigenvalue weighted by Crippen LogP contribution is -1.95. The van der Waals surface area contributed by atoms with Gasteiger partial charge in [-0.05, 0) is 23.8 Å². The lowest BCUT2D eigenvalue weighted by atomic mass is 10.1. The van der Waals surface area contributed by atoms with Crippen LogP contribution in [0.15, 0.2) is 42.7 Å². The summed E-state index contributed by atoms with van der Waals surface area (Å²) in [6.07, 6.45) is 6.22. The second-order valence-corrected chi connectivity index (χ2v) is 4.03. The molecular formula is C14H12N2O3. The van der Waals surface area contributed by atoms with E-state index in [9.17, 15) is 9.59 Å². The average Bonchev–Trinajstić information content (AvgIpc) is 2.83. The van der Waals surface area contributed by atoms with E-state index in [2.05, 4.69) is 5.10 Å². The molecule has 0 radical (unpaired) electrons. The van der Waals surface area contributed by atoms with Crippen molar-refractivity contribution >= 4 is 17.8 Å². The molecule has 0 aliphatic carbocycles. The van der Waals surface area contributed by atoms with Crippen molar-refractivity contribution in [1.82, 2.24) is 9.78 Å². The summed E-state index contributed by atoms with van der Waals surface area (Å²) >= 11 is 0. The van der Waals surface area contributed by atoms with Crippen LogP contribution in [0.5, 0.6) is 0 Å². The second kappa shape index (κ2) is 5.30. The van der Waals surface area contributed by atoms with Gasteiger partial charge in [-0.1, -0.05) is 18.2 Å². The fourth-order valence-electron chi connectivity index (χ4n) is 1.55. The fourth-order valence-corrected chi connectivity index (χ4v) is 1.55. The first-order valence-electron chi connectivity index (χ1n) is 5.60. The Hall–Kier alpha value is -2.69. The Labute approximate surface area is 109 Å². The molecule has 1 heterocycles. The molecule has 1 aromatic carbocycles. The molecule has 19 heavy (non-hydrogen) atoms. The number of aryl methyl sites for hydroxylation is 1. The Morgan fingerprint density at radius 1 is 1.21 bits per heavy atom. The van der Waals surface area contributed by atoms with Gasteiger partial charge in [0, 0.05) is 13.2 Å². The van der Waals surface area contributed by atoms with Crippen LogP contribution in [0.3, 0.4) is 0 Å². The number of ketones is 1. The third kappa shape index (κ3) is 3.16. The molecule has 96 valence electrons. The molecule has 1 N–H and O–H groups in total. The molecule has 0 aliphatic heterocycles. The second-order valence-electron chi connectivity index (χ2n) is 4.03. The number of allylic oxidation sites excluding steroid dienone is 1. The van der Waals surface area contributed by atoms with Crippen LogP contribution < -0.4 is 0 Å². The van der Waals surface area contributed by atoms with Crippen molar-refractivity contribution in [1.29, 1.82) is 0 Å². The molecule has 2 aromatic rings. The lowest BCUT2D eigenvalue weighted by molar-refractivity contribution is 0.0696. The molecule has 0 saturated heterocycles. The number of hydrogen-bond acceptors (Lipinski definition) is 3. The summed E-state index contributed by atoms with van der Waals surface area (Å²) in [5, 5.41) is 12.7. The highest BCUT2D eigenvalue weighted by atomic mass is 16.4. The monoisotopic (exact) mass is 256 g/mol. The number of rotatable bonds is 4. The zero-order valence-electron chi connectivity index (χ0n) is 10.3. The molecule has 5 nitrogen and oxygen atoms in total. The summed E-state index contributed by atoms with van der Waals surface area (Å²) in [6.45, 7) is 0. The van der Waals surface area contributed by atoms with Gasteiger partial charge in [-0.3, -0.25) is 9.48 Å². The van der Waals surface area contributed by atoms with Gasteiger partial charge in [0.15, 0.2) is 5.78 Å². The lowest BCUT2D eigenvalue weighted by Gasteiger charge is -1.95. The Kier molecular flexibility index (Phi) is 3.56. The van der Waals surface area contributed by atoms with Crippen molar-refractivity contribution in [3.05, 3.63) is 59.4 Å². The number of carboxylic acids is 1. The Morgan fingerprint density at radius 2 is 1.89 bits per heavy atom. The van der Waals surface area contributed by atoms with Crippen LogP contribution in [0.2, 0.25) is 0 Å². The number of nitrogens with zero attached hydrogens (tertiary/aromatic N) is 2. The number of carbonyl (C=O) groups excluding carboxylic acids is 1. The van der Waals surface area contributed by atoms with Gasteiger partial charge in [0.05, 0.1) is 17.3 Å². The van der Waals surface area contributed by atoms with Crippen molar-refractivity contribution in [3.8, 4) is 0 Å². The first-order chi connectivity index (χ1) is 9.06. The van der Waals surface area contributed by atoms with Gasteiger partial charge in [-0.2, -0.15) is 5.10 Å². The maximum Gasteiger partial charge on any atom is 0.335 e. The zero-order valence-corrected chi connectivity index (χ0v) is 10.3. The molecule has 2 rings (SSSR count). The Morgan fingerprint density at radius 3 is 2.42 bits per heavy atom. The van der Waals surface area contributed by atoms with Gasteiger partial charge >= 0.3 is 5.97 Å². The Bertz CT molecular complexity index is 639. The predicted molar refractivity (Wildman–Crippen MR) is 70.0 cm³/mol. The highest BCUT2D eigenvalue weighted by Gasteiger charge is 2.04. The zero-order chi connectivity index (χ0) is 13.8. The van der Waals surface area contributed by atoms with E-state index in [4.69, 9.17) is 5.11 Å². The molecular weight excluding hydrogens is 244 g/mol. The standard InChI is InChI=1S/C14H12N2O3/c1-16-9-12(8-15-16)13(17)7-4-10-2-5-11(6-3-10)14(18)19/h2-9H,1H3,(H,18,19)/b7-4+. The van der Waals surface area contributed by atoms with Crippen LogP contribution in [-0.2, 0) is 7.05 Å². The molecule has 0 aliphatic rings. The van der Waals surface area contributed by atoms with Crippen LogP contribution in [0.4, 0.5) is 0 Å². The smallest absolute Gasteiger partial charge is 0.335 e. The topological polar surface area (TPSA) is 72.2 Å². The van der Waals surface area contributed by atoms with E-state index in [1.165, 1.54) is 24.4 Å². The highest BCUT2D eigenvalue weighted by molar-refractivity contribution is 6.06. The quantitative estimate of drug-likeness (QED) is 0.671. The molecule has 0 spiro atoms. The maximum atomic E-state index is 11.8. The maximum absolute atomic E-state index is 11.8. The van der Waals surface area contributed by atoms with E-state index in [1.807, 2.05) is 0 Å². The predicted octanol–water partition coefficient (Wildman–Crippen LogP) is 2.01. The molecule has 0 amide bonds. The van der Waals surface area contributed by atoms with E-state index in [1.54, 1.807) is 36.1 Å². The van der Waals surface area contributed by atoms with Gasteiger partial charge in [-0.25, -0.2) is 4.79 Å². The van der Waals surface area contributed by atoms with Gasteiger partial charge in [0.25, 0.3) is 0 Å². The summed E-state index contributed by atoms with van der Waals surface area (Å²) in [5.74, 6) is -1.11. The van der Waals surface area contributed by atoms with Crippen LogP contribution in [0, 0.1) is 0 Å². The van der Waals surface area contributed by atoms with Gasteiger partial charge in [0.1, 0.15) is 0 Å². The molecule has 0 fully saturated rings. The first kappa shape index (κ1) is 12.8. The molecule has 0 bridgehead atoms. The van der Waals surface area contributed by atoms with Crippen molar-refractivity contribution in [2.45, 2.75) is 0 Å². The van der Waals surface area contributed by atoms with Gasteiger partial charge in [0.2, 0.25) is 0 Å². The summed E-state index contributed by atoms with van der Waals surface area (Å²) < 4.78 is 1.56. The third-order valence-electron chi connectivity index (χ3n) is 2.57. The largest absolute Gasteiger partial charge is 0.478 e. The first-order valence-corrected chi connectivity index (χ1v) is 5.60. The van der Waals surface area contributed by atoms with Gasteiger partial charge in [-0.15, -0.1) is 0 Å². The molecule has 5 heteroatoms. The van der Waals surface area contributed by atoms with Crippen LogP contribution in [0.25, 0.3) is 6.08 Å². The molecule has 0 unspecified atom stereocenters. The van der Waals surface area contributed by atoms with E-state index < -0.39 is 5.97 Å². The van der Waals surface area contributed by atoms with Crippen molar-refractivity contribution in [3.63, 3.8) is 0 Å². The molecule has 0 saturated carbocycles. The SMILES string of the molecule is Cn1cc(C(=O)/C=C/c2ccc(C(=O)O)cc2)cn1.